The highest BCUT2D eigenvalue weighted by atomic mass is 19.3. The molecule has 40 heavy (non-hydrogen) atoms. The molecule has 2 aromatic heterocycles. The maximum absolute atomic E-state index is 12.9. The fraction of sp³-hybridized carbons (Fsp3) is 0.321. The van der Waals surface area contributed by atoms with Crippen LogP contribution >= 0.6 is 0 Å². The van der Waals surface area contributed by atoms with E-state index in [1.807, 2.05) is 35.3 Å². The van der Waals surface area contributed by atoms with Gasteiger partial charge in [0.1, 0.15) is 0 Å². The Labute approximate surface area is 229 Å². The molecule has 3 aromatic rings. The number of rotatable bonds is 10. The van der Waals surface area contributed by atoms with E-state index in [2.05, 4.69) is 15.4 Å². The van der Waals surface area contributed by atoms with Crippen molar-refractivity contribution in [3.63, 3.8) is 0 Å². The number of benzene rings is 1. The first-order chi connectivity index (χ1) is 19.1. The summed E-state index contributed by atoms with van der Waals surface area (Å²) in [6.07, 6.45) is 12.3. The predicted octanol–water partition coefficient (Wildman–Crippen LogP) is 4.32. The molecule has 2 fully saturated rings. The Bertz CT molecular complexity index is 1360. The minimum atomic E-state index is -2.56. The molecule has 5 rings (SSSR count). The van der Waals surface area contributed by atoms with Crippen molar-refractivity contribution >= 4 is 29.6 Å². The highest BCUT2D eigenvalue weighted by Crippen LogP contribution is 2.35. The average Bonchev–Trinajstić information content (AvgIpc) is 3.63. The average molecular weight is 554 g/mol. The molecule has 3 heterocycles. The number of carbonyl (C=O) groups is 3. The van der Waals surface area contributed by atoms with Crippen LogP contribution in [0.3, 0.4) is 0 Å². The van der Waals surface area contributed by atoms with Gasteiger partial charge < -0.3 is 15.5 Å². The molecule has 1 amide bonds. The standard InChI is InChI=1S/C24H23F2N5O.C4H6O4/c25-24(26)15-30(16-24)13-17-1-4-20(5-2-17)29-23(32)8-3-18-11-27-10-9-22(18)19-12-28-31(14-19)21-6-7-21;5-3(6)1-2-4(7)8/h1-5,8-12,14,21H,6-7,13,15-16H2,(H,29,32);1-2H2,(H,5,6)(H,7,8)/b8-3+;. The van der Waals surface area contributed by atoms with Crippen LogP contribution in [0, 0.1) is 0 Å². The summed E-state index contributed by atoms with van der Waals surface area (Å²) < 4.78 is 27.9. The lowest BCUT2D eigenvalue weighted by atomic mass is 10.0. The summed E-state index contributed by atoms with van der Waals surface area (Å²) in [7, 11) is 0. The minimum absolute atomic E-state index is 0.200. The van der Waals surface area contributed by atoms with Crippen LogP contribution in [0.4, 0.5) is 14.5 Å². The number of hydrogen-bond donors (Lipinski definition) is 3. The summed E-state index contributed by atoms with van der Waals surface area (Å²) in [6.45, 7) is 0.0762. The van der Waals surface area contributed by atoms with Crippen molar-refractivity contribution in [2.24, 2.45) is 0 Å². The molecule has 1 saturated heterocycles. The van der Waals surface area contributed by atoms with Crippen molar-refractivity contribution in [1.29, 1.82) is 0 Å². The number of carbonyl (C=O) groups excluding carboxylic acids is 1. The first-order valence-electron chi connectivity index (χ1n) is 12.7. The highest BCUT2D eigenvalue weighted by molar-refractivity contribution is 6.02. The molecule has 12 heteroatoms. The number of anilines is 1. The summed E-state index contributed by atoms with van der Waals surface area (Å²) in [4.78, 5) is 37.6. The van der Waals surface area contributed by atoms with Crippen LogP contribution in [0.25, 0.3) is 17.2 Å². The van der Waals surface area contributed by atoms with E-state index in [0.29, 0.717) is 18.3 Å². The minimum Gasteiger partial charge on any atom is -0.481 e. The molecule has 3 N–H and O–H groups in total. The maximum atomic E-state index is 12.9. The van der Waals surface area contributed by atoms with E-state index >= 15 is 0 Å². The van der Waals surface area contributed by atoms with Crippen molar-refractivity contribution in [2.75, 3.05) is 18.4 Å². The Kier molecular flexibility index (Phi) is 9.00. The van der Waals surface area contributed by atoms with E-state index < -0.39 is 17.9 Å². The van der Waals surface area contributed by atoms with Gasteiger partial charge >= 0.3 is 11.9 Å². The largest absolute Gasteiger partial charge is 0.481 e. The van der Waals surface area contributed by atoms with Gasteiger partial charge in [-0.1, -0.05) is 12.1 Å². The zero-order valence-corrected chi connectivity index (χ0v) is 21.5. The van der Waals surface area contributed by atoms with Crippen molar-refractivity contribution < 1.29 is 33.4 Å². The van der Waals surface area contributed by atoms with Crippen LogP contribution < -0.4 is 5.32 Å². The third-order valence-electron chi connectivity index (χ3n) is 6.19. The summed E-state index contributed by atoms with van der Waals surface area (Å²) in [5, 5.41) is 23.1. The molecule has 0 radical (unpaired) electrons. The second-order valence-electron chi connectivity index (χ2n) is 9.71. The highest BCUT2D eigenvalue weighted by Gasteiger charge is 2.43. The first-order valence-corrected chi connectivity index (χ1v) is 12.7. The van der Waals surface area contributed by atoms with Gasteiger partial charge in [0, 0.05) is 48.0 Å². The zero-order chi connectivity index (χ0) is 28.7. The SMILES string of the molecule is O=C(/C=C/c1cnccc1-c1cnn(C2CC2)c1)Nc1ccc(CN2CC(F)(F)C2)cc1.O=C(O)CCC(=O)O. The lowest BCUT2D eigenvalue weighted by Crippen LogP contribution is -2.55. The van der Waals surface area contributed by atoms with Crippen LogP contribution in [0.15, 0.2) is 61.2 Å². The number of amides is 1. The van der Waals surface area contributed by atoms with E-state index in [9.17, 15) is 23.2 Å². The molecule has 1 aromatic carbocycles. The predicted molar refractivity (Wildman–Crippen MR) is 143 cm³/mol. The van der Waals surface area contributed by atoms with Gasteiger partial charge in [-0.25, -0.2) is 8.78 Å². The van der Waals surface area contributed by atoms with Gasteiger partial charge in [-0.05, 0) is 48.2 Å². The van der Waals surface area contributed by atoms with Gasteiger partial charge in [-0.3, -0.25) is 28.9 Å². The van der Waals surface area contributed by atoms with Crippen molar-refractivity contribution in [3.05, 3.63) is 72.3 Å². The van der Waals surface area contributed by atoms with E-state index in [0.717, 1.165) is 22.3 Å². The number of likely N-dealkylation sites (tertiary alicyclic amines) is 1. The summed E-state index contributed by atoms with van der Waals surface area (Å²) in [5.74, 6) is -4.98. The quantitative estimate of drug-likeness (QED) is 0.316. The van der Waals surface area contributed by atoms with E-state index in [1.165, 1.54) is 18.9 Å². The Morgan fingerprint density at radius 1 is 1.02 bits per heavy atom. The molecular formula is C28H29F2N5O5. The van der Waals surface area contributed by atoms with Crippen molar-refractivity contribution in [1.82, 2.24) is 19.7 Å². The van der Waals surface area contributed by atoms with Crippen molar-refractivity contribution in [2.45, 2.75) is 44.2 Å². The van der Waals surface area contributed by atoms with Gasteiger partial charge in [0.25, 0.3) is 5.92 Å². The molecule has 0 unspecified atom stereocenters. The lowest BCUT2D eigenvalue weighted by Gasteiger charge is -2.38. The normalized spacial score (nSPS) is 16.1. The van der Waals surface area contributed by atoms with Gasteiger partial charge in [0.05, 0.1) is 38.2 Å². The second-order valence-corrected chi connectivity index (χ2v) is 9.71. The number of nitrogens with zero attached hydrogens (tertiary/aromatic N) is 4. The van der Waals surface area contributed by atoms with Gasteiger partial charge in [-0.2, -0.15) is 5.10 Å². The molecule has 10 nitrogen and oxygen atoms in total. The van der Waals surface area contributed by atoms with Gasteiger partial charge in [0.2, 0.25) is 5.91 Å². The molecule has 0 spiro atoms. The summed E-state index contributed by atoms with van der Waals surface area (Å²) >= 11 is 0. The van der Waals surface area contributed by atoms with Crippen LogP contribution in [0.2, 0.25) is 0 Å². The molecule has 0 bridgehead atoms. The smallest absolute Gasteiger partial charge is 0.303 e. The topological polar surface area (TPSA) is 138 Å². The van der Waals surface area contributed by atoms with Crippen LogP contribution in [0.5, 0.6) is 0 Å². The van der Waals surface area contributed by atoms with E-state index in [-0.39, 0.29) is 31.8 Å². The number of hydrogen-bond acceptors (Lipinski definition) is 6. The molecular weight excluding hydrogens is 524 g/mol. The molecule has 1 aliphatic carbocycles. The Morgan fingerprint density at radius 2 is 1.70 bits per heavy atom. The number of alkyl halides is 2. The van der Waals surface area contributed by atoms with E-state index in [1.54, 1.807) is 35.5 Å². The van der Waals surface area contributed by atoms with Crippen LogP contribution in [-0.4, -0.2) is 66.7 Å². The summed E-state index contributed by atoms with van der Waals surface area (Å²) in [5.41, 5.74) is 4.38. The molecule has 210 valence electrons. The van der Waals surface area contributed by atoms with E-state index in [4.69, 9.17) is 10.2 Å². The number of nitrogens with one attached hydrogen (secondary N) is 1. The second kappa shape index (κ2) is 12.6. The molecule has 1 saturated carbocycles. The Hall–Kier alpha value is -4.45. The Morgan fingerprint density at radius 3 is 2.30 bits per heavy atom. The van der Waals surface area contributed by atoms with Gasteiger partial charge in [-0.15, -0.1) is 0 Å². The first kappa shape index (κ1) is 28.6. The fourth-order valence-electron chi connectivity index (χ4n) is 4.05. The third kappa shape index (κ3) is 8.53. The molecule has 1 aliphatic heterocycles. The third-order valence-corrected chi connectivity index (χ3v) is 6.19. The maximum Gasteiger partial charge on any atom is 0.303 e. The number of pyridine rings is 1. The Balaban J connectivity index is 0.000000406. The summed E-state index contributed by atoms with van der Waals surface area (Å²) in [6, 6.07) is 9.66. The zero-order valence-electron chi connectivity index (χ0n) is 21.5. The molecule has 0 atom stereocenters. The van der Waals surface area contributed by atoms with Crippen LogP contribution in [0.1, 0.15) is 42.9 Å². The molecule has 2 aliphatic rings. The number of aliphatic carboxylic acids is 2. The van der Waals surface area contributed by atoms with Crippen molar-refractivity contribution in [3.8, 4) is 11.1 Å². The number of halogens is 2. The number of aromatic nitrogens is 3. The monoisotopic (exact) mass is 553 g/mol. The number of carboxylic acid groups (broad SMARTS) is 2. The lowest BCUT2D eigenvalue weighted by molar-refractivity contribution is -0.143. The van der Waals surface area contributed by atoms with Gasteiger partial charge in [0.15, 0.2) is 0 Å². The fourth-order valence-corrected chi connectivity index (χ4v) is 4.05. The van der Waals surface area contributed by atoms with Crippen LogP contribution in [-0.2, 0) is 20.9 Å². The number of carboxylic acids is 2.